The van der Waals surface area contributed by atoms with Crippen molar-refractivity contribution >= 4 is 16.9 Å². The molecule has 3 rings (SSSR count). The molecule has 0 fully saturated rings. The minimum Gasteiger partial charge on any atom is -0.476 e. The summed E-state index contributed by atoms with van der Waals surface area (Å²) in [5.74, 6) is -0.0915. The third kappa shape index (κ3) is 2.04. The van der Waals surface area contributed by atoms with Crippen LogP contribution in [0.1, 0.15) is 10.5 Å². The Morgan fingerprint density at radius 1 is 1.00 bits per heavy atom. The number of carboxylic acid groups (broad SMARTS) is 1. The number of ether oxygens (including phenoxy) is 1. The second kappa shape index (κ2) is 4.49. The number of hydrogen-bond donors (Lipinski definition) is 2. The number of nitrogens with one attached hydrogen (secondary N) is 1. The normalized spacial score (nSPS) is 10.5. The van der Waals surface area contributed by atoms with Gasteiger partial charge in [0.2, 0.25) is 0 Å². The molecular formula is C15H11NO3. The summed E-state index contributed by atoms with van der Waals surface area (Å²) in [6.07, 6.45) is 0. The van der Waals surface area contributed by atoms with Gasteiger partial charge < -0.3 is 14.8 Å². The summed E-state index contributed by atoms with van der Waals surface area (Å²) >= 11 is 0. The molecule has 94 valence electrons. The molecule has 4 nitrogen and oxygen atoms in total. The molecule has 0 amide bonds. The molecule has 3 aromatic rings. The second-order valence-electron chi connectivity index (χ2n) is 4.09. The van der Waals surface area contributed by atoms with Crippen molar-refractivity contribution in [2.75, 3.05) is 0 Å². The number of carbonyl (C=O) groups is 1. The first-order valence-electron chi connectivity index (χ1n) is 5.82. The Kier molecular flexibility index (Phi) is 2.68. The van der Waals surface area contributed by atoms with Gasteiger partial charge in [0, 0.05) is 10.9 Å². The van der Waals surface area contributed by atoms with Gasteiger partial charge in [0.15, 0.2) is 11.4 Å². The molecule has 1 aromatic heterocycles. The molecule has 0 saturated carbocycles. The van der Waals surface area contributed by atoms with Crippen molar-refractivity contribution in [3.8, 4) is 11.5 Å². The van der Waals surface area contributed by atoms with Gasteiger partial charge in [-0.3, -0.25) is 0 Å². The van der Waals surface area contributed by atoms with Crippen LogP contribution in [-0.4, -0.2) is 16.1 Å². The lowest BCUT2D eigenvalue weighted by molar-refractivity contribution is 0.0689. The van der Waals surface area contributed by atoms with Gasteiger partial charge in [-0.2, -0.15) is 0 Å². The molecular weight excluding hydrogens is 242 g/mol. The number of fused-ring (bicyclic) bond motifs is 1. The molecule has 0 unspecified atom stereocenters. The molecule has 0 aliphatic heterocycles. The Hall–Kier alpha value is -2.75. The van der Waals surface area contributed by atoms with Crippen LogP contribution in [0.5, 0.6) is 11.5 Å². The van der Waals surface area contributed by atoms with E-state index in [1.807, 2.05) is 42.5 Å². The molecule has 0 aliphatic rings. The molecule has 0 bridgehead atoms. The lowest BCUT2D eigenvalue weighted by atomic mass is 10.2. The monoisotopic (exact) mass is 253 g/mol. The summed E-state index contributed by atoms with van der Waals surface area (Å²) < 4.78 is 5.71. The van der Waals surface area contributed by atoms with Crippen molar-refractivity contribution in [3.63, 3.8) is 0 Å². The Morgan fingerprint density at radius 2 is 1.68 bits per heavy atom. The van der Waals surface area contributed by atoms with Crippen LogP contribution in [0.4, 0.5) is 0 Å². The van der Waals surface area contributed by atoms with E-state index in [4.69, 9.17) is 4.74 Å². The summed E-state index contributed by atoms with van der Waals surface area (Å²) in [6, 6.07) is 16.5. The highest BCUT2D eigenvalue weighted by Crippen LogP contribution is 2.33. The number of hydrogen-bond acceptors (Lipinski definition) is 2. The van der Waals surface area contributed by atoms with Crippen LogP contribution in [0, 0.1) is 0 Å². The fourth-order valence-electron chi connectivity index (χ4n) is 1.98. The molecule has 0 atom stereocenters. The lowest BCUT2D eigenvalue weighted by Gasteiger charge is -2.05. The standard InChI is InChI=1S/C15H11NO3/c17-15(18)13-14(19-10-6-2-1-3-7-10)11-8-4-5-9-12(11)16-13/h1-9,16H,(H,17,18). The minimum atomic E-state index is -1.04. The van der Waals surface area contributed by atoms with Gasteiger partial charge in [-0.25, -0.2) is 4.79 Å². The number of benzene rings is 2. The smallest absolute Gasteiger partial charge is 0.356 e. The molecule has 0 aliphatic carbocycles. The Balaban J connectivity index is 2.15. The van der Waals surface area contributed by atoms with Crippen LogP contribution in [-0.2, 0) is 0 Å². The summed E-state index contributed by atoms with van der Waals surface area (Å²) in [6.45, 7) is 0. The van der Waals surface area contributed by atoms with Crippen molar-refractivity contribution in [2.24, 2.45) is 0 Å². The van der Waals surface area contributed by atoms with E-state index in [1.54, 1.807) is 12.1 Å². The zero-order valence-electron chi connectivity index (χ0n) is 9.96. The Labute approximate surface area is 109 Å². The van der Waals surface area contributed by atoms with Gasteiger partial charge in [0.05, 0.1) is 0 Å². The molecule has 0 saturated heterocycles. The number of H-pyrrole nitrogens is 1. The van der Waals surface area contributed by atoms with Gasteiger partial charge in [-0.15, -0.1) is 0 Å². The maximum absolute atomic E-state index is 11.3. The van der Waals surface area contributed by atoms with Crippen molar-refractivity contribution in [3.05, 3.63) is 60.3 Å². The first kappa shape index (κ1) is 11.3. The SMILES string of the molecule is O=C(O)c1[nH]c2ccccc2c1Oc1ccccc1. The average Bonchev–Trinajstić information content (AvgIpc) is 2.79. The zero-order valence-corrected chi connectivity index (χ0v) is 9.96. The van der Waals surface area contributed by atoms with E-state index in [-0.39, 0.29) is 5.69 Å². The molecule has 1 heterocycles. The first-order chi connectivity index (χ1) is 9.25. The van der Waals surface area contributed by atoms with Crippen molar-refractivity contribution in [1.29, 1.82) is 0 Å². The fourth-order valence-corrected chi connectivity index (χ4v) is 1.98. The Morgan fingerprint density at radius 3 is 2.42 bits per heavy atom. The summed E-state index contributed by atoms with van der Waals surface area (Å²) in [5.41, 5.74) is 0.802. The number of carboxylic acids is 1. The van der Waals surface area contributed by atoms with Gasteiger partial charge in [0.25, 0.3) is 0 Å². The maximum Gasteiger partial charge on any atom is 0.356 e. The lowest BCUT2D eigenvalue weighted by Crippen LogP contribution is -1.99. The molecule has 0 radical (unpaired) electrons. The van der Waals surface area contributed by atoms with Gasteiger partial charge >= 0.3 is 5.97 Å². The number of rotatable bonds is 3. The van der Waals surface area contributed by atoms with E-state index < -0.39 is 5.97 Å². The highest BCUT2D eigenvalue weighted by molar-refractivity contribution is 6.00. The second-order valence-corrected chi connectivity index (χ2v) is 4.09. The highest BCUT2D eigenvalue weighted by Gasteiger charge is 2.18. The van der Waals surface area contributed by atoms with E-state index in [1.165, 1.54) is 0 Å². The van der Waals surface area contributed by atoms with E-state index in [9.17, 15) is 9.90 Å². The predicted octanol–water partition coefficient (Wildman–Crippen LogP) is 3.66. The van der Waals surface area contributed by atoms with E-state index >= 15 is 0 Å². The summed E-state index contributed by atoms with van der Waals surface area (Å²) in [7, 11) is 0. The van der Waals surface area contributed by atoms with Gasteiger partial charge in [-0.1, -0.05) is 30.3 Å². The topological polar surface area (TPSA) is 62.3 Å². The van der Waals surface area contributed by atoms with Crippen LogP contribution >= 0.6 is 0 Å². The fraction of sp³-hybridized carbons (Fsp3) is 0. The third-order valence-corrected chi connectivity index (χ3v) is 2.84. The van der Waals surface area contributed by atoms with Crippen molar-refractivity contribution in [2.45, 2.75) is 0 Å². The maximum atomic E-state index is 11.3. The van der Waals surface area contributed by atoms with Gasteiger partial charge in [0.1, 0.15) is 5.75 Å². The third-order valence-electron chi connectivity index (χ3n) is 2.84. The van der Waals surface area contributed by atoms with Crippen LogP contribution in [0.25, 0.3) is 10.9 Å². The van der Waals surface area contributed by atoms with Crippen molar-refractivity contribution < 1.29 is 14.6 Å². The summed E-state index contributed by atoms with van der Waals surface area (Å²) in [5, 5.41) is 9.99. The van der Waals surface area contributed by atoms with Crippen LogP contribution in [0.2, 0.25) is 0 Å². The highest BCUT2D eigenvalue weighted by atomic mass is 16.5. The van der Waals surface area contributed by atoms with E-state index in [2.05, 4.69) is 4.98 Å². The van der Waals surface area contributed by atoms with E-state index in [0.717, 1.165) is 10.9 Å². The van der Waals surface area contributed by atoms with E-state index in [0.29, 0.717) is 11.5 Å². The number of aromatic carboxylic acids is 1. The average molecular weight is 253 g/mol. The molecule has 19 heavy (non-hydrogen) atoms. The van der Waals surface area contributed by atoms with Crippen molar-refractivity contribution in [1.82, 2.24) is 4.98 Å². The van der Waals surface area contributed by atoms with Crippen LogP contribution in [0.15, 0.2) is 54.6 Å². The first-order valence-corrected chi connectivity index (χ1v) is 5.82. The molecule has 2 aromatic carbocycles. The largest absolute Gasteiger partial charge is 0.476 e. The molecule has 2 N–H and O–H groups in total. The zero-order chi connectivity index (χ0) is 13.2. The van der Waals surface area contributed by atoms with Gasteiger partial charge in [-0.05, 0) is 24.3 Å². The van der Waals surface area contributed by atoms with Crippen LogP contribution in [0.3, 0.4) is 0 Å². The minimum absolute atomic E-state index is 0.0602. The van der Waals surface area contributed by atoms with Crippen LogP contribution < -0.4 is 4.74 Å². The number of aromatic amines is 1. The predicted molar refractivity (Wildman–Crippen MR) is 71.8 cm³/mol. The number of para-hydroxylation sites is 2. The molecule has 0 spiro atoms. The quantitative estimate of drug-likeness (QED) is 0.748. The summed E-state index contributed by atoms with van der Waals surface area (Å²) in [4.78, 5) is 14.1. The number of aromatic nitrogens is 1. The Bertz CT molecular complexity index is 731. The molecule has 4 heteroatoms.